The summed E-state index contributed by atoms with van der Waals surface area (Å²) >= 11 is 6.05. The highest BCUT2D eigenvalue weighted by Gasteiger charge is 2.25. The maximum atomic E-state index is 14.4. The zero-order valence-corrected chi connectivity index (χ0v) is 17.1. The molecule has 8 nitrogen and oxygen atoms in total. The van der Waals surface area contributed by atoms with Gasteiger partial charge in [-0.1, -0.05) is 11.6 Å². The molecule has 0 aliphatic heterocycles. The second-order valence-electron chi connectivity index (χ2n) is 7.53. The van der Waals surface area contributed by atoms with E-state index in [1.165, 1.54) is 6.92 Å². The van der Waals surface area contributed by atoms with Crippen molar-refractivity contribution in [3.05, 3.63) is 35.5 Å². The average Bonchev–Trinajstić information content (AvgIpc) is 3.13. The lowest BCUT2D eigenvalue weighted by Gasteiger charge is -2.31. The minimum atomic E-state index is -1.06. The maximum absolute atomic E-state index is 14.4. The molecule has 3 aromatic heterocycles. The van der Waals surface area contributed by atoms with E-state index in [1.807, 2.05) is 0 Å². The number of aliphatic hydroxyl groups is 1. The van der Waals surface area contributed by atoms with Gasteiger partial charge in [0.25, 0.3) is 0 Å². The first kappa shape index (κ1) is 20.5. The molecule has 3 atom stereocenters. The molecule has 4 N–H and O–H groups in total. The summed E-state index contributed by atoms with van der Waals surface area (Å²) in [6.07, 6.45) is 6.46. The quantitative estimate of drug-likeness (QED) is 0.492. The Hall–Kier alpha value is -2.78. The molecule has 10 heteroatoms. The molecule has 0 spiro atoms. The molecule has 4 rings (SSSR count). The smallest absolute Gasteiger partial charge is 0.248 e. The van der Waals surface area contributed by atoms with E-state index in [0.29, 0.717) is 28.5 Å². The third-order valence-corrected chi connectivity index (χ3v) is 5.43. The number of halogens is 2. The number of hydrogen-bond acceptors (Lipinski definition) is 6. The Bertz CT molecular complexity index is 1070. The molecule has 3 unspecified atom stereocenters. The molecule has 158 valence electrons. The van der Waals surface area contributed by atoms with Gasteiger partial charge in [0.15, 0.2) is 17.5 Å². The van der Waals surface area contributed by atoms with E-state index in [4.69, 9.17) is 11.6 Å². The molecular formula is C20H22ClFN6O2. The van der Waals surface area contributed by atoms with Gasteiger partial charge in [0.05, 0.1) is 11.2 Å². The predicted molar refractivity (Wildman–Crippen MR) is 112 cm³/mol. The van der Waals surface area contributed by atoms with Crippen LogP contribution in [0.1, 0.15) is 32.6 Å². The van der Waals surface area contributed by atoms with Crippen molar-refractivity contribution in [2.75, 3.05) is 5.32 Å². The van der Waals surface area contributed by atoms with E-state index in [1.54, 1.807) is 18.5 Å². The van der Waals surface area contributed by atoms with Crippen molar-refractivity contribution in [2.45, 2.75) is 50.8 Å². The second kappa shape index (κ2) is 8.53. The zero-order valence-electron chi connectivity index (χ0n) is 16.3. The van der Waals surface area contributed by atoms with Crippen LogP contribution in [0.15, 0.2) is 24.7 Å². The predicted octanol–water partition coefficient (Wildman–Crippen LogP) is 3.03. The number of fused-ring (bicyclic) bond motifs is 1. The van der Waals surface area contributed by atoms with Crippen LogP contribution in [0.3, 0.4) is 0 Å². The standard InChI is InChI=1S/C20H22ClFN6O2/c1-10(29)20(30)27-13-4-2-3-12(6-13)26-19-16(22)9-25-18(28-19)15-8-24-17-14(15)5-11(21)7-23-17/h5,7-10,12-13,29H,2-4,6H2,1H3,(H,23,24)(H,27,30)(H,25,26,28). The van der Waals surface area contributed by atoms with Gasteiger partial charge in [-0.05, 0) is 38.7 Å². The van der Waals surface area contributed by atoms with Crippen molar-refractivity contribution in [2.24, 2.45) is 0 Å². The molecule has 0 aromatic carbocycles. The molecule has 1 saturated carbocycles. The van der Waals surface area contributed by atoms with Crippen LogP contribution in [0.5, 0.6) is 0 Å². The van der Waals surface area contributed by atoms with E-state index in [-0.39, 0.29) is 17.9 Å². The van der Waals surface area contributed by atoms with Gasteiger partial charge >= 0.3 is 0 Å². The molecule has 0 radical (unpaired) electrons. The Kier molecular flexibility index (Phi) is 5.83. The summed E-state index contributed by atoms with van der Waals surface area (Å²) < 4.78 is 14.4. The van der Waals surface area contributed by atoms with Crippen molar-refractivity contribution in [1.29, 1.82) is 0 Å². The molecule has 1 aliphatic carbocycles. The molecule has 1 amide bonds. The fourth-order valence-corrected chi connectivity index (χ4v) is 3.89. The number of aromatic amines is 1. The maximum Gasteiger partial charge on any atom is 0.248 e. The fraction of sp³-hybridized carbons (Fsp3) is 0.400. The highest BCUT2D eigenvalue weighted by atomic mass is 35.5. The van der Waals surface area contributed by atoms with Crippen molar-refractivity contribution in [3.63, 3.8) is 0 Å². The van der Waals surface area contributed by atoms with Crippen LogP contribution < -0.4 is 10.6 Å². The molecule has 30 heavy (non-hydrogen) atoms. The van der Waals surface area contributed by atoms with Crippen LogP contribution in [0.2, 0.25) is 5.02 Å². The van der Waals surface area contributed by atoms with Gasteiger partial charge < -0.3 is 20.7 Å². The second-order valence-corrected chi connectivity index (χ2v) is 7.97. The van der Waals surface area contributed by atoms with Gasteiger partial charge in [-0.3, -0.25) is 4.79 Å². The molecule has 1 aliphatic rings. The summed E-state index contributed by atoms with van der Waals surface area (Å²) in [5.74, 6) is -0.492. The topological polar surface area (TPSA) is 116 Å². The Morgan fingerprint density at radius 2 is 2.13 bits per heavy atom. The number of pyridine rings is 1. The summed E-state index contributed by atoms with van der Waals surface area (Å²) in [7, 11) is 0. The van der Waals surface area contributed by atoms with Crippen LogP contribution in [-0.2, 0) is 4.79 Å². The number of H-pyrrole nitrogens is 1. The van der Waals surface area contributed by atoms with E-state index in [0.717, 1.165) is 30.8 Å². The number of hydrogen-bond donors (Lipinski definition) is 4. The van der Waals surface area contributed by atoms with Crippen molar-refractivity contribution >= 4 is 34.4 Å². The molecular weight excluding hydrogens is 411 g/mol. The molecule has 0 saturated heterocycles. The summed E-state index contributed by atoms with van der Waals surface area (Å²) in [4.78, 5) is 27.5. The molecule has 0 bridgehead atoms. The number of rotatable bonds is 5. The lowest BCUT2D eigenvalue weighted by atomic mass is 9.91. The number of aliphatic hydroxyl groups excluding tert-OH is 1. The first-order chi connectivity index (χ1) is 14.4. The van der Waals surface area contributed by atoms with Crippen LogP contribution >= 0.6 is 11.6 Å². The van der Waals surface area contributed by atoms with Gasteiger partial charge in [0.1, 0.15) is 11.8 Å². The van der Waals surface area contributed by atoms with E-state index < -0.39 is 17.8 Å². The van der Waals surface area contributed by atoms with Crippen LogP contribution in [0.4, 0.5) is 10.2 Å². The van der Waals surface area contributed by atoms with Crippen molar-refractivity contribution in [1.82, 2.24) is 25.3 Å². The first-order valence-electron chi connectivity index (χ1n) is 9.81. The Morgan fingerprint density at radius 1 is 1.33 bits per heavy atom. The van der Waals surface area contributed by atoms with Crippen LogP contribution in [0, 0.1) is 5.82 Å². The molecule has 3 heterocycles. The highest BCUT2D eigenvalue weighted by Crippen LogP contribution is 2.29. The normalized spacial score (nSPS) is 20.1. The fourth-order valence-electron chi connectivity index (χ4n) is 3.73. The zero-order chi connectivity index (χ0) is 21.3. The van der Waals surface area contributed by atoms with E-state index in [9.17, 15) is 14.3 Å². The Labute approximate surface area is 177 Å². The first-order valence-corrected chi connectivity index (χ1v) is 10.2. The summed E-state index contributed by atoms with van der Waals surface area (Å²) in [5.41, 5.74) is 1.31. The largest absolute Gasteiger partial charge is 0.384 e. The van der Waals surface area contributed by atoms with Gasteiger partial charge in [0, 0.05) is 35.4 Å². The van der Waals surface area contributed by atoms with Crippen LogP contribution in [-0.4, -0.2) is 49.1 Å². The van der Waals surface area contributed by atoms with Gasteiger partial charge in [-0.2, -0.15) is 0 Å². The van der Waals surface area contributed by atoms with E-state index >= 15 is 0 Å². The number of nitrogens with zero attached hydrogens (tertiary/aromatic N) is 3. The Morgan fingerprint density at radius 3 is 2.93 bits per heavy atom. The number of carbonyl (C=O) groups excluding carboxylic acids is 1. The number of aromatic nitrogens is 4. The third kappa shape index (κ3) is 4.36. The monoisotopic (exact) mass is 432 g/mol. The van der Waals surface area contributed by atoms with Crippen molar-refractivity contribution < 1.29 is 14.3 Å². The van der Waals surface area contributed by atoms with Crippen molar-refractivity contribution in [3.8, 4) is 11.4 Å². The molecule has 1 fully saturated rings. The number of nitrogens with one attached hydrogen (secondary N) is 3. The summed E-state index contributed by atoms with van der Waals surface area (Å²) in [5, 5.41) is 16.6. The van der Waals surface area contributed by atoms with Gasteiger partial charge in [-0.25, -0.2) is 19.3 Å². The Balaban J connectivity index is 1.53. The third-order valence-electron chi connectivity index (χ3n) is 5.22. The van der Waals surface area contributed by atoms with E-state index in [2.05, 4.69) is 30.6 Å². The molecule has 3 aromatic rings. The number of amides is 1. The lowest BCUT2D eigenvalue weighted by Crippen LogP contribution is -2.45. The minimum absolute atomic E-state index is 0.0608. The lowest BCUT2D eigenvalue weighted by molar-refractivity contribution is -0.129. The summed E-state index contributed by atoms with van der Waals surface area (Å²) in [6, 6.07) is 1.62. The highest BCUT2D eigenvalue weighted by molar-refractivity contribution is 6.31. The number of anilines is 1. The number of carbonyl (C=O) groups is 1. The summed E-state index contributed by atoms with van der Waals surface area (Å²) in [6.45, 7) is 1.43. The SMILES string of the molecule is CC(O)C(=O)NC1CCCC(Nc2nc(-c3c[nH]c4ncc(Cl)cc34)ncc2F)C1. The van der Waals surface area contributed by atoms with Gasteiger partial charge in [-0.15, -0.1) is 0 Å². The van der Waals surface area contributed by atoms with Crippen LogP contribution in [0.25, 0.3) is 22.4 Å². The van der Waals surface area contributed by atoms with Gasteiger partial charge in [0.2, 0.25) is 5.91 Å². The average molecular weight is 433 g/mol. The minimum Gasteiger partial charge on any atom is -0.384 e.